The number of carbonyl (C=O) groups excluding carboxylic acids is 1. The molecule has 0 saturated heterocycles. The van der Waals surface area contributed by atoms with Gasteiger partial charge in [-0.2, -0.15) is 18.3 Å². The Labute approximate surface area is 142 Å². The highest BCUT2D eigenvalue weighted by Crippen LogP contribution is 2.34. The van der Waals surface area contributed by atoms with Crippen LogP contribution >= 0.6 is 0 Å². The van der Waals surface area contributed by atoms with Gasteiger partial charge in [-0.1, -0.05) is 0 Å². The number of benzene rings is 1. The SMILES string of the molecule is CCn1nc(C(N)=O)cc1-c1ccc(N[C@H](C)C(F)(F)F)cc1OC. The van der Waals surface area contributed by atoms with E-state index in [2.05, 4.69) is 10.4 Å². The molecule has 1 heterocycles. The lowest BCUT2D eigenvalue weighted by Gasteiger charge is -2.19. The predicted molar refractivity (Wildman–Crippen MR) is 87.5 cm³/mol. The number of nitrogens with zero attached hydrogens (tertiary/aromatic N) is 2. The van der Waals surface area contributed by atoms with E-state index in [1.807, 2.05) is 6.92 Å². The van der Waals surface area contributed by atoms with Crippen LogP contribution in [-0.2, 0) is 6.54 Å². The van der Waals surface area contributed by atoms with E-state index < -0.39 is 18.1 Å². The van der Waals surface area contributed by atoms with E-state index in [4.69, 9.17) is 10.5 Å². The highest BCUT2D eigenvalue weighted by molar-refractivity contribution is 5.92. The van der Waals surface area contributed by atoms with Crippen LogP contribution in [0.15, 0.2) is 24.3 Å². The third-order valence-corrected chi connectivity index (χ3v) is 3.68. The molecule has 1 amide bonds. The number of aryl methyl sites for hydroxylation is 1. The third-order valence-electron chi connectivity index (χ3n) is 3.68. The largest absolute Gasteiger partial charge is 0.496 e. The van der Waals surface area contributed by atoms with Crippen molar-refractivity contribution < 1.29 is 22.7 Å². The van der Waals surface area contributed by atoms with Crippen LogP contribution in [0.1, 0.15) is 24.3 Å². The minimum absolute atomic E-state index is 0.104. The van der Waals surface area contributed by atoms with Crippen molar-refractivity contribution >= 4 is 11.6 Å². The number of carbonyl (C=O) groups is 1. The molecule has 6 nitrogen and oxygen atoms in total. The maximum atomic E-state index is 12.7. The van der Waals surface area contributed by atoms with Crippen molar-refractivity contribution in [1.82, 2.24) is 9.78 Å². The van der Waals surface area contributed by atoms with Gasteiger partial charge in [0.1, 0.15) is 11.8 Å². The van der Waals surface area contributed by atoms with Crippen LogP contribution in [0, 0.1) is 0 Å². The Morgan fingerprint density at radius 3 is 2.60 bits per heavy atom. The fourth-order valence-electron chi connectivity index (χ4n) is 2.32. The predicted octanol–water partition coefficient (Wildman–Crippen LogP) is 3.04. The first-order chi connectivity index (χ1) is 11.7. The van der Waals surface area contributed by atoms with Gasteiger partial charge in [-0.15, -0.1) is 0 Å². The minimum Gasteiger partial charge on any atom is -0.496 e. The van der Waals surface area contributed by atoms with Crippen molar-refractivity contribution in [3.63, 3.8) is 0 Å². The molecule has 9 heteroatoms. The number of nitrogens with two attached hydrogens (primary N) is 1. The third kappa shape index (κ3) is 4.04. The molecule has 136 valence electrons. The number of primary amides is 1. The molecule has 0 aliphatic rings. The Balaban J connectivity index is 2.42. The molecule has 1 aromatic carbocycles. The van der Waals surface area contributed by atoms with Crippen LogP contribution in [0.2, 0.25) is 0 Å². The number of alkyl halides is 3. The number of nitrogens with one attached hydrogen (secondary N) is 1. The second kappa shape index (κ2) is 7.04. The molecule has 0 aliphatic heterocycles. The first-order valence-corrected chi connectivity index (χ1v) is 7.56. The molecule has 2 rings (SSSR count). The van der Waals surface area contributed by atoms with E-state index in [1.54, 1.807) is 10.7 Å². The van der Waals surface area contributed by atoms with Gasteiger partial charge in [-0.05, 0) is 32.0 Å². The fourth-order valence-corrected chi connectivity index (χ4v) is 2.32. The van der Waals surface area contributed by atoms with E-state index >= 15 is 0 Å². The van der Waals surface area contributed by atoms with Crippen molar-refractivity contribution in [3.8, 4) is 17.0 Å². The van der Waals surface area contributed by atoms with Crippen molar-refractivity contribution in [1.29, 1.82) is 0 Å². The highest BCUT2D eigenvalue weighted by atomic mass is 19.4. The smallest absolute Gasteiger partial charge is 0.408 e. The quantitative estimate of drug-likeness (QED) is 0.833. The van der Waals surface area contributed by atoms with Crippen LogP contribution < -0.4 is 15.8 Å². The molecule has 25 heavy (non-hydrogen) atoms. The molecular weight excluding hydrogens is 337 g/mol. The zero-order valence-corrected chi connectivity index (χ0v) is 14.0. The normalized spacial score (nSPS) is 12.7. The lowest BCUT2D eigenvalue weighted by Crippen LogP contribution is -2.33. The van der Waals surface area contributed by atoms with Crippen LogP contribution in [0.5, 0.6) is 5.75 Å². The van der Waals surface area contributed by atoms with Gasteiger partial charge in [0.25, 0.3) is 5.91 Å². The molecule has 0 saturated carbocycles. The summed E-state index contributed by atoms with van der Waals surface area (Å²) in [6.45, 7) is 3.36. The fraction of sp³-hybridized carbons (Fsp3) is 0.375. The van der Waals surface area contributed by atoms with E-state index in [1.165, 1.54) is 25.3 Å². The van der Waals surface area contributed by atoms with Gasteiger partial charge in [0, 0.05) is 23.9 Å². The van der Waals surface area contributed by atoms with Gasteiger partial charge in [-0.25, -0.2) is 0 Å². The number of amides is 1. The molecule has 3 N–H and O–H groups in total. The van der Waals surface area contributed by atoms with Crippen molar-refractivity contribution in [2.75, 3.05) is 12.4 Å². The summed E-state index contributed by atoms with van der Waals surface area (Å²) < 4.78 is 44.9. The highest BCUT2D eigenvalue weighted by Gasteiger charge is 2.36. The van der Waals surface area contributed by atoms with E-state index in [-0.39, 0.29) is 11.4 Å². The lowest BCUT2D eigenvalue weighted by atomic mass is 10.1. The summed E-state index contributed by atoms with van der Waals surface area (Å²) in [7, 11) is 1.41. The summed E-state index contributed by atoms with van der Waals surface area (Å²) in [6, 6.07) is 4.41. The Morgan fingerprint density at radius 2 is 2.08 bits per heavy atom. The number of hydrogen-bond acceptors (Lipinski definition) is 4. The number of hydrogen-bond donors (Lipinski definition) is 2. The van der Waals surface area contributed by atoms with Crippen molar-refractivity contribution in [3.05, 3.63) is 30.0 Å². The maximum Gasteiger partial charge on any atom is 0.408 e. The Hall–Kier alpha value is -2.71. The molecule has 2 aromatic rings. The number of aromatic nitrogens is 2. The Bertz CT molecular complexity index is 771. The number of ether oxygens (including phenoxy) is 1. The van der Waals surface area contributed by atoms with E-state index in [0.29, 0.717) is 23.6 Å². The molecule has 0 unspecified atom stereocenters. The van der Waals surface area contributed by atoms with Crippen molar-refractivity contribution in [2.45, 2.75) is 32.6 Å². The lowest BCUT2D eigenvalue weighted by molar-refractivity contribution is -0.138. The summed E-state index contributed by atoms with van der Waals surface area (Å²) in [4.78, 5) is 11.3. The number of rotatable bonds is 6. The standard InChI is InChI=1S/C16H19F3N4O2/c1-4-23-13(8-12(22-23)15(20)24)11-6-5-10(7-14(11)25-3)21-9(2)16(17,18)19/h5-9,21H,4H2,1-3H3,(H2,20,24)/t9-/m1/s1. The van der Waals surface area contributed by atoms with Gasteiger partial charge >= 0.3 is 6.18 Å². The zero-order chi connectivity index (χ0) is 18.8. The van der Waals surface area contributed by atoms with E-state index in [9.17, 15) is 18.0 Å². The average molecular weight is 356 g/mol. The second-order valence-corrected chi connectivity index (χ2v) is 5.42. The molecule has 0 radical (unpaired) electrons. The van der Waals surface area contributed by atoms with Gasteiger partial charge in [0.15, 0.2) is 5.69 Å². The monoisotopic (exact) mass is 356 g/mol. The first kappa shape index (κ1) is 18.6. The number of halogens is 3. The Kier molecular flexibility index (Phi) is 5.24. The summed E-state index contributed by atoms with van der Waals surface area (Å²) in [5.41, 5.74) is 6.81. The maximum absolute atomic E-state index is 12.7. The van der Waals surface area contributed by atoms with Crippen LogP contribution in [0.3, 0.4) is 0 Å². The van der Waals surface area contributed by atoms with Gasteiger partial charge in [-0.3, -0.25) is 9.48 Å². The molecular formula is C16H19F3N4O2. The van der Waals surface area contributed by atoms with E-state index in [0.717, 1.165) is 6.92 Å². The number of anilines is 1. The van der Waals surface area contributed by atoms with Gasteiger partial charge < -0.3 is 15.8 Å². The molecule has 0 bridgehead atoms. The summed E-state index contributed by atoms with van der Waals surface area (Å²) >= 11 is 0. The van der Waals surface area contributed by atoms with Crippen LogP contribution in [0.25, 0.3) is 11.3 Å². The van der Waals surface area contributed by atoms with Crippen LogP contribution in [-0.4, -0.2) is 35.0 Å². The summed E-state index contributed by atoms with van der Waals surface area (Å²) in [5, 5.41) is 6.49. The summed E-state index contributed by atoms with van der Waals surface area (Å²) in [5.74, 6) is -0.310. The Morgan fingerprint density at radius 1 is 1.40 bits per heavy atom. The zero-order valence-electron chi connectivity index (χ0n) is 14.0. The molecule has 1 atom stereocenters. The van der Waals surface area contributed by atoms with Gasteiger partial charge in [0.05, 0.1) is 12.8 Å². The minimum atomic E-state index is -4.36. The van der Waals surface area contributed by atoms with Gasteiger partial charge in [0.2, 0.25) is 0 Å². The molecule has 0 aliphatic carbocycles. The molecule has 0 fully saturated rings. The summed E-state index contributed by atoms with van der Waals surface area (Å²) in [6.07, 6.45) is -4.36. The topological polar surface area (TPSA) is 82.2 Å². The molecule has 0 spiro atoms. The second-order valence-electron chi connectivity index (χ2n) is 5.42. The van der Waals surface area contributed by atoms with Crippen LogP contribution in [0.4, 0.5) is 18.9 Å². The number of methoxy groups -OCH3 is 1. The van der Waals surface area contributed by atoms with Crippen molar-refractivity contribution in [2.24, 2.45) is 5.73 Å². The average Bonchev–Trinajstić information content (AvgIpc) is 2.98. The molecule has 1 aromatic heterocycles. The first-order valence-electron chi connectivity index (χ1n) is 7.56.